The van der Waals surface area contributed by atoms with Crippen LogP contribution in [0.4, 0.5) is 4.39 Å². The highest BCUT2D eigenvalue weighted by Gasteiger charge is 2.08. The summed E-state index contributed by atoms with van der Waals surface area (Å²) in [7, 11) is 1.91. The van der Waals surface area contributed by atoms with E-state index in [4.69, 9.17) is 11.6 Å². The van der Waals surface area contributed by atoms with Gasteiger partial charge in [-0.1, -0.05) is 16.8 Å². The molecule has 0 unspecified atom stereocenters. The minimum absolute atomic E-state index is 0.345. The van der Waals surface area contributed by atoms with Gasteiger partial charge in [0.2, 0.25) is 0 Å². The van der Waals surface area contributed by atoms with Crippen molar-refractivity contribution in [1.29, 1.82) is 0 Å². The van der Waals surface area contributed by atoms with Crippen molar-refractivity contribution < 1.29 is 4.39 Å². The summed E-state index contributed by atoms with van der Waals surface area (Å²) in [6.45, 7) is 1.71. The van der Waals surface area contributed by atoms with E-state index in [1.165, 1.54) is 12.1 Å². The Morgan fingerprint density at radius 1 is 1.44 bits per heavy atom. The number of rotatable bonds is 5. The fraction of sp³-hybridized carbons (Fsp3) is 0.333. The van der Waals surface area contributed by atoms with E-state index in [0.717, 1.165) is 19.5 Å². The van der Waals surface area contributed by atoms with Crippen LogP contribution >= 0.6 is 11.6 Å². The second-order valence-electron chi connectivity index (χ2n) is 3.95. The summed E-state index contributed by atoms with van der Waals surface area (Å²) in [4.78, 5) is 0. The Kier molecular flexibility index (Phi) is 4.28. The highest BCUT2D eigenvalue weighted by atomic mass is 35.5. The van der Waals surface area contributed by atoms with Crippen LogP contribution in [0.25, 0.3) is 11.3 Å². The van der Waals surface area contributed by atoms with Crippen molar-refractivity contribution in [2.75, 3.05) is 13.6 Å². The van der Waals surface area contributed by atoms with Crippen molar-refractivity contribution >= 4 is 11.6 Å². The summed E-state index contributed by atoms with van der Waals surface area (Å²) in [6, 6.07) is 4.25. The van der Waals surface area contributed by atoms with Crippen LogP contribution in [0.5, 0.6) is 0 Å². The summed E-state index contributed by atoms with van der Waals surface area (Å²) >= 11 is 5.97. The van der Waals surface area contributed by atoms with Gasteiger partial charge in [-0.2, -0.15) is 0 Å². The SMILES string of the molecule is CNCCCn1cc(-c2ccc(F)cc2Cl)nn1. The fourth-order valence-corrected chi connectivity index (χ4v) is 1.91. The Bertz CT molecular complexity index is 527. The van der Waals surface area contributed by atoms with E-state index < -0.39 is 0 Å². The van der Waals surface area contributed by atoms with Gasteiger partial charge in [0.1, 0.15) is 11.5 Å². The molecule has 0 fully saturated rings. The molecule has 0 amide bonds. The summed E-state index contributed by atoms with van der Waals surface area (Å²) in [6.07, 6.45) is 2.78. The van der Waals surface area contributed by atoms with Gasteiger partial charge in [-0.15, -0.1) is 5.10 Å². The lowest BCUT2D eigenvalue weighted by Gasteiger charge is -2.00. The molecule has 4 nitrogen and oxygen atoms in total. The van der Waals surface area contributed by atoms with Crippen LogP contribution in [0.15, 0.2) is 24.4 Å². The molecule has 1 aromatic heterocycles. The van der Waals surface area contributed by atoms with Crippen molar-refractivity contribution in [3.8, 4) is 11.3 Å². The predicted octanol–water partition coefficient (Wildman–Crippen LogP) is 2.35. The maximum atomic E-state index is 12.9. The Morgan fingerprint density at radius 3 is 3.00 bits per heavy atom. The lowest BCUT2D eigenvalue weighted by Crippen LogP contribution is -2.11. The maximum absolute atomic E-state index is 12.9. The van der Waals surface area contributed by atoms with E-state index in [2.05, 4.69) is 15.6 Å². The van der Waals surface area contributed by atoms with Crippen molar-refractivity contribution in [2.24, 2.45) is 0 Å². The van der Waals surface area contributed by atoms with Gasteiger partial charge in [-0.3, -0.25) is 4.68 Å². The molecule has 0 aliphatic rings. The van der Waals surface area contributed by atoms with Gasteiger partial charge < -0.3 is 5.32 Å². The number of aryl methyl sites for hydroxylation is 1. The lowest BCUT2D eigenvalue weighted by molar-refractivity contribution is 0.545. The molecule has 2 aromatic rings. The maximum Gasteiger partial charge on any atom is 0.124 e. The second kappa shape index (κ2) is 5.93. The molecule has 2 rings (SSSR count). The highest BCUT2D eigenvalue weighted by Crippen LogP contribution is 2.26. The first kappa shape index (κ1) is 13.0. The smallest absolute Gasteiger partial charge is 0.124 e. The van der Waals surface area contributed by atoms with Crippen molar-refractivity contribution in [3.63, 3.8) is 0 Å². The van der Waals surface area contributed by atoms with Crippen LogP contribution in [0, 0.1) is 5.82 Å². The van der Waals surface area contributed by atoms with E-state index in [9.17, 15) is 4.39 Å². The molecule has 0 aliphatic heterocycles. The van der Waals surface area contributed by atoms with Crippen LogP contribution in [0.2, 0.25) is 5.02 Å². The molecule has 0 atom stereocenters. The van der Waals surface area contributed by atoms with Gasteiger partial charge in [0.05, 0.1) is 11.2 Å². The lowest BCUT2D eigenvalue weighted by atomic mass is 10.2. The first-order valence-electron chi connectivity index (χ1n) is 5.71. The zero-order valence-corrected chi connectivity index (χ0v) is 10.8. The third-order valence-corrected chi connectivity index (χ3v) is 2.87. The molecule has 96 valence electrons. The minimum atomic E-state index is -0.356. The summed E-state index contributed by atoms with van der Waals surface area (Å²) in [5.74, 6) is -0.356. The van der Waals surface area contributed by atoms with Crippen molar-refractivity contribution in [3.05, 3.63) is 35.2 Å². The quantitative estimate of drug-likeness (QED) is 0.847. The van der Waals surface area contributed by atoms with Crippen LogP contribution in [0.1, 0.15) is 6.42 Å². The minimum Gasteiger partial charge on any atom is -0.320 e. The molecule has 1 N–H and O–H groups in total. The third-order valence-electron chi connectivity index (χ3n) is 2.56. The third kappa shape index (κ3) is 3.05. The fourth-order valence-electron chi connectivity index (χ4n) is 1.65. The molecule has 6 heteroatoms. The molecule has 0 bridgehead atoms. The molecular weight excluding hydrogens is 255 g/mol. The Balaban J connectivity index is 2.13. The molecule has 0 saturated carbocycles. The van der Waals surface area contributed by atoms with Gasteiger partial charge in [-0.25, -0.2) is 4.39 Å². The van der Waals surface area contributed by atoms with E-state index in [1.54, 1.807) is 10.7 Å². The zero-order chi connectivity index (χ0) is 13.0. The van der Waals surface area contributed by atoms with Gasteiger partial charge >= 0.3 is 0 Å². The van der Waals surface area contributed by atoms with Crippen molar-refractivity contribution in [2.45, 2.75) is 13.0 Å². The standard InChI is InChI=1S/C12H14ClFN4/c1-15-5-2-6-18-8-12(16-17-18)10-4-3-9(14)7-11(10)13/h3-4,7-8,15H,2,5-6H2,1H3. The van der Waals surface area contributed by atoms with E-state index >= 15 is 0 Å². The van der Waals surface area contributed by atoms with Gasteiger partial charge in [0.15, 0.2) is 0 Å². The molecule has 0 saturated heterocycles. The monoisotopic (exact) mass is 268 g/mol. The van der Waals surface area contributed by atoms with Crippen LogP contribution in [-0.4, -0.2) is 28.6 Å². The van der Waals surface area contributed by atoms with E-state index in [0.29, 0.717) is 16.3 Å². The zero-order valence-electron chi connectivity index (χ0n) is 10.0. The Morgan fingerprint density at radius 2 is 2.28 bits per heavy atom. The van der Waals surface area contributed by atoms with Gasteiger partial charge in [-0.05, 0) is 38.2 Å². The van der Waals surface area contributed by atoms with Crippen LogP contribution in [-0.2, 0) is 6.54 Å². The second-order valence-corrected chi connectivity index (χ2v) is 4.36. The largest absolute Gasteiger partial charge is 0.320 e. The molecule has 0 spiro atoms. The average Bonchev–Trinajstić information content (AvgIpc) is 2.78. The summed E-state index contributed by atoms with van der Waals surface area (Å²) in [5, 5.41) is 11.5. The Labute approximate surface area is 110 Å². The Hall–Kier alpha value is -1.46. The van der Waals surface area contributed by atoms with Crippen LogP contribution < -0.4 is 5.32 Å². The van der Waals surface area contributed by atoms with E-state index in [-0.39, 0.29) is 5.82 Å². The van der Waals surface area contributed by atoms with E-state index in [1.807, 2.05) is 13.2 Å². The average molecular weight is 269 g/mol. The molecule has 1 aromatic carbocycles. The number of halogens is 2. The molecule has 1 heterocycles. The normalized spacial score (nSPS) is 10.8. The number of nitrogens with one attached hydrogen (secondary N) is 1. The first-order chi connectivity index (χ1) is 8.70. The molecule has 0 radical (unpaired) electrons. The summed E-state index contributed by atoms with van der Waals surface area (Å²) in [5.41, 5.74) is 1.35. The predicted molar refractivity (Wildman–Crippen MR) is 69.0 cm³/mol. The number of hydrogen-bond donors (Lipinski definition) is 1. The molecular formula is C12H14ClFN4. The van der Waals surface area contributed by atoms with Gasteiger partial charge in [0.25, 0.3) is 0 Å². The summed E-state index contributed by atoms with van der Waals surface area (Å²) < 4.78 is 14.7. The number of aromatic nitrogens is 3. The highest BCUT2D eigenvalue weighted by molar-refractivity contribution is 6.33. The number of hydrogen-bond acceptors (Lipinski definition) is 3. The van der Waals surface area contributed by atoms with Gasteiger partial charge in [0, 0.05) is 12.1 Å². The molecule has 0 aliphatic carbocycles. The number of benzene rings is 1. The van der Waals surface area contributed by atoms with Crippen LogP contribution in [0.3, 0.4) is 0 Å². The first-order valence-corrected chi connectivity index (χ1v) is 6.08. The topological polar surface area (TPSA) is 42.7 Å². The van der Waals surface area contributed by atoms with Crippen molar-refractivity contribution in [1.82, 2.24) is 20.3 Å². The molecule has 18 heavy (non-hydrogen) atoms. The number of nitrogens with zero attached hydrogens (tertiary/aromatic N) is 3.